The van der Waals surface area contributed by atoms with Crippen molar-refractivity contribution in [2.45, 2.75) is 32.1 Å². The Morgan fingerprint density at radius 3 is 2.94 bits per heavy atom. The lowest BCUT2D eigenvalue weighted by atomic mass is 9.70. The van der Waals surface area contributed by atoms with Crippen molar-refractivity contribution in [1.82, 2.24) is 4.98 Å². The SMILES string of the molecule is N#CC1(Cc2cncc(F)c2)CCCCC1=O. The van der Waals surface area contributed by atoms with E-state index < -0.39 is 11.2 Å². The number of hydrogen-bond donors (Lipinski definition) is 0. The summed E-state index contributed by atoms with van der Waals surface area (Å²) in [5, 5.41) is 9.26. The molecule has 1 aliphatic rings. The zero-order chi connectivity index (χ0) is 12.3. The number of carbonyl (C=O) groups excluding carboxylic acids is 1. The van der Waals surface area contributed by atoms with Gasteiger partial charge in [0.1, 0.15) is 11.2 Å². The van der Waals surface area contributed by atoms with E-state index in [-0.39, 0.29) is 12.2 Å². The third-order valence-electron chi connectivity index (χ3n) is 3.27. The van der Waals surface area contributed by atoms with Crippen molar-refractivity contribution in [2.75, 3.05) is 0 Å². The molecule has 1 saturated carbocycles. The molecule has 3 nitrogen and oxygen atoms in total. The maximum absolute atomic E-state index is 13.0. The van der Waals surface area contributed by atoms with Gasteiger partial charge in [0.05, 0.1) is 12.3 Å². The minimum atomic E-state index is -0.965. The quantitative estimate of drug-likeness (QED) is 0.786. The summed E-state index contributed by atoms with van der Waals surface area (Å²) in [6, 6.07) is 3.48. The first kappa shape index (κ1) is 11.7. The predicted octanol–water partition coefficient (Wildman–Crippen LogP) is 2.42. The first-order valence-electron chi connectivity index (χ1n) is 5.70. The number of pyridine rings is 1. The van der Waals surface area contributed by atoms with Gasteiger partial charge in [-0.3, -0.25) is 9.78 Å². The highest BCUT2D eigenvalue weighted by Gasteiger charge is 2.40. The smallest absolute Gasteiger partial charge is 0.153 e. The zero-order valence-corrected chi connectivity index (χ0v) is 9.45. The van der Waals surface area contributed by atoms with E-state index in [1.165, 1.54) is 12.3 Å². The molecule has 0 N–H and O–H groups in total. The standard InChI is InChI=1S/C13H13FN2O/c14-11-5-10(7-16-8-11)6-13(9-15)4-2-1-3-12(13)17/h5,7-8H,1-4,6H2. The molecular weight excluding hydrogens is 219 g/mol. The van der Waals surface area contributed by atoms with Crippen LogP contribution in [-0.4, -0.2) is 10.8 Å². The van der Waals surface area contributed by atoms with Crippen LogP contribution in [0.1, 0.15) is 31.2 Å². The van der Waals surface area contributed by atoms with Crippen molar-refractivity contribution in [1.29, 1.82) is 5.26 Å². The topological polar surface area (TPSA) is 53.8 Å². The molecule has 1 aromatic rings. The Morgan fingerprint density at radius 1 is 1.47 bits per heavy atom. The van der Waals surface area contributed by atoms with Crippen LogP contribution in [0.3, 0.4) is 0 Å². The van der Waals surface area contributed by atoms with Crippen LogP contribution in [0.2, 0.25) is 0 Å². The van der Waals surface area contributed by atoms with Crippen molar-refractivity contribution in [3.63, 3.8) is 0 Å². The molecule has 1 aromatic heterocycles. The van der Waals surface area contributed by atoms with E-state index in [0.717, 1.165) is 19.0 Å². The highest BCUT2D eigenvalue weighted by molar-refractivity contribution is 5.88. The van der Waals surface area contributed by atoms with Gasteiger partial charge in [-0.05, 0) is 30.9 Å². The van der Waals surface area contributed by atoms with Gasteiger partial charge in [-0.15, -0.1) is 0 Å². The molecule has 17 heavy (non-hydrogen) atoms. The summed E-state index contributed by atoms with van der Waals surface area (Å²) in [4.78, 5) is 15.6. The number of hydrogen-bond acceptors (Lipinski definition) is 3. The second kappa shape index (κ2) is 4.62. The van der Waals surface area contributed by atoms with Crippen LogP contribution in [-0.2, 0) is 11.2 Å². The molecule has 0 bridgehead atoms. The molecule has 2 rings (SSSR count). The van der Waals surface area contributed by atoms with E-state index in [9.17, 15) is 14.4 Å². The third kappa shape index (κ3) is 2.33. The number of nitrogens with zero attached hydrogens (tertiary/aromatic N) is 2. The Hall–Kier alpha value is -1.76. The molecule has 88 valence electrons. The van der Waals surface area contributed by atoms with Gasteiger partial charge in [0.2, 0.25) is 0 Å². The summed E-state index contributed by atoms with van der Waals surface area (Å²) in [5.74, 6) is -0.450. The van der Waals surface area contributed by atoms with E-state index in [1.807, 2.05) is 0 Å². The fourth-order valence-corrected chi connectivity index (χ4v) is 2.34. The summed E-state index contributed by atoms with van der Waals surface area (Å²) in [7, 11) is 0. The summed E-state index contributed by atoms with van der Waals surface area (Å²) < 4.78 is 13.0. The second-order valence-electron chi connectivity index (χ2n) is 4.51. The number of carbonyl (C=O) groups is 1. The first-order valence-corrected chi connectivity index (χ1v) is 5.70. The Morgan fingerprint density at radius 2 is 2.29 bits per heavy atom. The molecule has 0 radical (unpaired) electrons. The fourth-order valence-electron chi connectivity index (χ4n) is 2.34. The summed E-state index contributed by atoms with van der Waals surface area (Å²) in [6.45, 7) is 0. The van der Waals surface area contributed by atoms with E-state index in [4.69, 9.17) is 0 Å². The van der Waals surface area contributed by atoms with Gasteiger partial charge < -0.3 is 0 Å². The minimum Gasteiger partial charge on any atom is -0.298 e. The van der Waals surface area contributed by atoms with Gasteiger partial charge in [-0.2, -0.15) is 5.26 Å². The van der Waals surface area contributed by atoms with Gasteiger partial charge in [0, 0.05) is 12.6 Å². The molecule has 0 saturated heterocycles. The van der Waals surface area contributed by atoms with Crippen LogP contribution < -0.4 is 0 Å². The van der Waals surface area contributed by atoms with Crippen LogP contribution in [0.5, 0.6) is 0 Å². The van der Waals surface area contributed by atoms with Crippen molar-refractivity contribution in [2.24, 2.45) is 5.41 Å². The highest BCUT2D eigenvalue weighted by Crippen LogP contribution is 2.35. The van der Waals surface area contributed by atoms with Crippen molar-refractivity contribution in [3.05, 3.63) is 29.8 Å². The van der Waals surface area contributed by atoms with Crippen molar-refractivity contribution >= 4 is 5.78 Å². The number of Topliss-reactive ketones (excluding diaryl/α,β-unsaturated/α-hetero) is 1. The molecular formula is C13H13FN2O. The van der Waals surface area contributed by atoms with Crippen molar-refractivity contribution in [3.8, 4) is 6.07 Å². The lowest BCUT2D eigenvalue weighted by Gasteiger charge is -2.28. The Kier molecular flexibility index (Phi) is 3.19. The maximum Gasteiger partial charge on any atom is 0.153 e. The molecule has 1 fully saturated rings. The lowest BCUT2D eigenvalue weighted by Crippen LogP contribution is -2.35. The van der Waals surface area contributed by atoms with Gasteiger partial charge in [-0.1, -0.05) is 6.42 Å². The van der Waals surface area contributed by atoms with E-state index >= 15 is 0 Å². The largest absolute Gasteiger partial charge is 0.298 e. The summed E-state index contributed by atoms with van der Waals surface area (Å²) in [6.07, 6.45) is 5.66. The van der Waals surface area contributed by atoms with Crippen LogP contribution in [0.25, 0.3) is 0 Å². The maximum atomic E-state index is 13.0. The second-order valence-corrected chi connectivity index (χ2v) is 4.51. The highest BCUT2D eigenvalue weighted by atomic mass is 19.1. The van der Waals surface area contributed by atoms with E-state index in [1.54, 1.807) is 0 Å². The van der Waals surface area contributed by atoms with Crippen LogP contribution in [0, 0.1) is 22.6 Å². The van der Waals surface area contributed by atoms with Gasteiger partial charge in [0.15, 0.2) is 5.78 Å². The first-order chi connectivity index (χ1) is 8.16. The van der Waals surface area contributed by atoms with Crippen LogP contribution in [0.15, 0.2) is 18.5 Å². The van der Waals surface area contributed by atoms with Crippen LogP contribution in [0.4, 0.5) is 4.39 Å². The minimum absolute atomic E-state index is 0.0180. The lowest BCUT2D eigenvalue weighted by molar-refractivity contribution is -0.128. The zero-order valence-electron chi connectivity index (χ0n) is 9.45. The number of aromatic nitrogens is 1. The fraction of sp³-hybridized carbons (Fsp3) is 0.462. The monoisotopic (exact) mass is 232 g/mol. The molecule has 1 atom stereocenters. The number of rotatable bonds is 2. The predicted molar refractivity (Wildman–Crippen MR) is 59.4 cm³/mol. The van der Waals surface area contributed by atoms with Crippen molar-refractivity contribution < 1.29 is 9.18 Å². The van der Waals surface area contributed by atoms with Gasteiger partial charge in [0.25, 0.3) is 0 Å². The molecule has 0 aliphatic heterocycles. The number of halogens is 1. The Balaban J connectivity index is 2.25. The average molecular weight is 232 g/mol. The molecule has 0 aromatic carbocycles. The normalized spacial score (nSPS) is 24.4. The van der Waals surface area contributed by atoms with Crippen LogP contribution >= 0.6 is 0 Å². The number of ketones is 1. The van der Waals surface area contributed by atoms with Gasteiger partial charge in [-0.25, -0.2) is 4.39 Å². The molecule has 1 unspecified atom stereocenters. The molecule has 1 aliphatic carbocycles. The van der Waals surface area contributed by atoms with E-state index in [2.05, 4.69) is 11.1 Å². The Labute approximate surface area is 99.3 Å². The molecule has 1 heterocycles. The third-order valence-corrected chi connectivity index (χ3v) is 3.27. The molecule has 4 heteroatoms. The van der Waals surface area contributed by atoms with Gasteiger partial charge >= 0.3 is 0 Å². The number of nitriles is 1. The molecule has 0 spiro atoms. The summed E-state index contributed by atoms with van der Waals surface area (Å²) >= 11 is 0. The average Bonchev–Trinajstić information content (AvgIpc) is 2.32. The summed E-state index contributed by atoms with van der Waals surface area (Å²) in [5.41, 5.74) is -0.352. The molecule has 0 amide bonds. The Bertz CT molecular complexity index is 481. The van der Waals surface area contributed by atoms with E-state index in [0.29, 0.717) is 18.4 Å².